The van der Waals surface area contributed by atoms with Crippen LogP contribution in [0.1, 0.15) is 39.7 Å². The number of alkyl halides is 2. The zero-order valence-electron chi connectivity index (χ0n) is 11.3. The van der Waals surface area contributed by atoms with Crippen molar-refractivity contribution in [3.05, 3.63) is 28.2 Å². The van der Waals surface area contributed by atoms with E-state index in [-0.39, 0.29) is 11.0 Å². The monoisotopic (exact) mass is 271 g/mol. The summed E-state index contributed by atoms with van der Waals surface area (Å²) in [5.41, 5.74) is -2.49. The second-order valence-electron chi connectivity index (χ2n) is 5.56. The van der Waals surface area contributed by atoms with Crippen molar-refractivity contribution < 1.29 is 18.1 Å². The third-order valence-electron chi connectivity index (χ3n) is 3.76. The molecule has 0 aliphatic carbocycles. The molecule has 2 rings (SSSR count). The normalized spacial score (nSPS) is 21.1. The van der Waals surface area contributed by atoms with Crippen LogP contribution in [0.25, 0.3) is 0 Å². The quantitative estimate of drug-likeness (QED) is 0.831. The van der Waals surface area contributed by atoms with E-state index in [1.807, 2.05) is 0 Å². The van der Waals surface area contributed by atoms with Crippen LogP contribution in [-0.2, 0) is 9.31 Å². The van der Waals surface area contributed by atoms with Crippen molar-refractivity contribution in [1.29, 1.82) is 0 Å². The number of nitrogens with one attached hydrogen (secondary N) is 1. The molecule has 1 aromatic heterocycles. The van der Waals surface area contributed by atoms with Crippen LogP contribution in [-0.4, -0.2) is 23.3 Å². The average Bonchev–Trinajstić information content (AvgIpc) is 2.47. The Labute approximate surface area is 110 Å². The van der Waals surface area contributed by atoms with Gasteiger partial charge in [0.05, 0.1) is 16.7 Å². The Hall–Kier alpha value is -1.21. The molecule has 19 heavy (non-hydrogen) atoms. The van der Waals surface area contributed by atoms with Crippen molar-refractivity contribution in [3.63, 3.8) is 0 Å². The van der Waals surface area contributed by atoms with Crippen LogP contribution in [0.2, 0.25) is 0 Å². The van der Waals surface area contributed by atoms with Gasteiger partial charge in [-0.2, -0.15) is 0 Å². The number of halogens is 2. The first kappa shape index (κ1) is 14.2. The van der Waals surface area contributed by atoms with Gasteiger partial charge in [0.15, 0.2) is 0 Å². The van der Waals surface area contributed by atoms with E-state index in [0.29, 0.717) is 0 Å². The Morgan fingerprint density at radius 3 is 2.21 bits per heavy atom. The van der Waals surface area contributed by atoms with Crippen LogP contribution in [0.3, 0.4) is 0 Å². The van der Waals surface area contributed by atoms with E-state index in [4.69, 9.17) is 9.31 Å². The van der Waals surface area contributed by atoms with Gasteiger partial charge in [-0.1, -0.05) is 0 Å². The summed E-state index contributed by atoms with van der Waals surface area (Å²) in [6, 6.07) is 1.17. The van der Waals surface area contributed by atoms with Crippen LogP contribution < -0.4 is 11.0 Å². The van der Waals surface area contributed by atoms with Gasteiger partial charge in [0.25, 0.3) is 6.43 Å². The van der Waals surface area contributed by atoms with Gasteiger partial charge in [-0.15, -0.1) is 0 Å². The lowest BCUT2D eigenvalue weighted by Crippen LogP contribution is -2.47. The highest BCUT2D eigenvalue weighted by atomic mass is 19.3. The van der Waals surface area contributed by atoms with E-state index < -0.39 is 30.3 Å². The SMILES string of the molecule is CC1(C)OB(c2c(C(F)F)cc[nH]c2=O)OC1(C)C. The Kier molecular flexibility index (Phi) is 3.30. The topological polar surface area (TPSA) is 51.3 Å². The maximum Gasteiger partial charge on any atom is 0.501 e. The molecule has 1 aliphatic rings. The van der Waals surface area contributed by atoms with E-state index in [1.165, 1.54) is 12.3 Å². The molecule has 4 nitrogen and oxygen atoms in total. The van der Waals surface area contributed by atoms with E-state index in [1.54, 1.807) is 27.7 Å². The van der Waals surface area contributed by atoms with Crippen LogP contribution >= 0.6 is 0 Å². The van der Waals surface area contributed by atoms with Crippen molar-refractivity contribution in [1.82, 2.24) is 4.98 Å². The van der Waals surface area contributed by atoms with Gasteiger partial charge in [0.1, 0.15) is 0 Å². The minimum Gasteiger partial charge on any atom is -0.399 e. The number of aromatic amines is 1. The molecule has 2 heterocycles. The molecule has 1 N–H and O–H groups in total. The molecule has 0 spiro atoms. The molecular weight excluding hydrogens is 255 g/mol. The van der Waals surface area contributed by atoms with Crippen LogP contribution in [0.4, 0.5) is 8.78 Å². The Balaban J connectivity index is 2.48. The molecule has 1 fully saturated rings. The molecule has 104 valence electrons. The highest BCUT2D eigenvalue weighted by Crippen LogP contribution is 2.36. The lowest BCUT2D eigenvalue weighted by molar-refractivity contribution is 0.00578. The van der Waals surface area contributed by atoms with Crippen molar-refractivity contribution in [2.24, 2.45) is 0 Å². The molecule has 0 atom stereocenters. The number of aromatic nitrogens is 1. The Bertz CT molecular complexity index is 526. The highest BCUT2D eigenvalue weighted by Gasteiger charge is 2.53. The third kappa shape index (κ3) is 2.32. The van der Waals surface area contributed by atoms with Crippen LogP contribution in [0.5, 0.6) is 0 Å². The van der Waals surface area contributed by atoms with Gasteiger partial charge in [-0.25, -0.2) is 8.78 Å². The van der Waals surface area contributed by atoms with Gasteiger partial charge >= 0.3 is 7.12 Å². The lowest BCUT2D eigenvalue weighted by Gasteiger charge is -2.32. The zero-order chi connectivity index (χ0) is 14.4. The molecular formula is C12H16BF2NO3. The number of hydrogen-bond donors (Lipinski definition) is 1. The minimum atomic E-state index is -2.75. The number of rotatable bonds is 2. The van der Waals surface area contributed by atoms with Crippen molar-refractivity contribution >= 4 is 12.6 Å². The summed E-state index contributed by atoms with van der Waals surface area (Å²) >= 11 is 0. The largest absolute Gasteiger partial charge is 0.501 e. The van der Waals surface area contributed by atoms with E-state index in [9.17, 15) is 13.6 Å². The third-order valence-corrected chi connectivity index (χ3v) is 3.76. The second-order valence-corrected chi connectivity index (χ2v) is 5.56. The predicted molar refractivity (Wildman–Crippen MR) is 67.7 cm³/mol. The fourth-order valence-corrected chi connectivity index (χ4v) is 1.90. The second kappa shape index (κ2) is 4.42. The molecule has 1 aromatic rings. The first-order chi connectivity index (χ1) is 8.66. The van der Waals surface area contributed by atoms with Gasteiger partial charge in [-0.3, -0.25) is 4.79 Å². The first-order valence-electron chi connectivity index (χ1n) is 6.01. The van der Waals surface area contributed by atoms with E-state index in [2.05, 4.69) is 4.98 Å². The number of hydrogen-bond acceptors (Lipinski definition) is 3. The Morgan fingerprint density at radius 2 is 1.74 bits per heavy atom. The maximum absolute atomic E-state index is 13.0. The Morgan fingerprint density at radius 1 is 1.21 bits per heavy atom. The molecule has 0 bridgehead atoms. The van der Waals surface area contributed by atoms with Crippen LogP contribution in [0.15, 0.2) is 17.1 Å². The smallest absolute Gasteiger partial charge is 0.399 e. The summed E-state index contributed by atoms with van der Waals surface area (Å²) in [5, 5.41) is 0. The van der Waals surface area contributed by atoms with Gasteiger partial charge < -0.3 is 14.3 Å². The van der Waals surface area contributed by atoms with Gasteiger partial charge in [0, 0.05) is 11.8 Å². The van der Waals surface area contributed by atoms with Crippen LogP contribution in [0, 0.1) is 0 Å². The molecule has 1 saturated heterocycles. The molecule has 7 heteroatoms. The van der Waals surface area contributed by atoms with E-state index in [0.717, 1.165) is 0 Å². The summed E-state index contributed by atoms with van der Waals surface area (Å²) in [4.78, 5) is 14.2. The molecule has 0 amide bonds. The molecule has 0 radical (unpaired) electrons. The molecule has 0 aromatic carbocycles. The molecule has 1 aliphatic heterocycles. The fourth-order valence-electron chi connectivity index (χ4n) is 1.90. The number of pyridine rings is 1. The minimum absolute atomic E-state index is 0.156. The highest BCUT2D eigenvalue weighted by molar-refractivity contribution is 6.62. The lowest BCUT2D eigenvalue weighted by atomic mass is 9.77. The molecule has 0 saturated carbocycles. The summed E-state index contributed by atoms with van der Waals surface area (Å²) in [6.07, 6.45) is -1.56. The molecule has 0 unspecified atom stereocenters. The van der Waals surface area contributed by atoms with Gasteiger partial charge in [0.2, 0.25) is 5.56 Å². The first-order valence-corrected chi connectivity index (χ1v) is 6.01. The standard InChI is InChI=1S/C12H16BF2NO3/c1-11(2)12(3,4)19-13(18-11)8-7(9(14)15)5-6-16-10(8)17/h5-6,9H,1-4H3,(H,16,17). The number of H-pyrrole nitrogens is 1. The summed E-state index contributed by atoms with van der Waals surface area (Å²) in [5.74, 6) is 0. The van der Waals surface area contributed by atoms with Crippen molar-refractivity contribution in [3.8, 4) is 0 Å². The summed E-state index contributed by atoms with van der Waals surface area (Å²) < 4.78 is 37.3. The summed E-state index contributed by atoms with van der Waals surface area (Å²) in [7, 11) is -1.08. The van der Waals surface area contributed by atoms with Crippen molar-refractivity contribution in [2.75, 3.05) is 0 Å². The van der Waals surface area contributed by atoms with Gasteiger partial charge in [-0.05, 0) is 33.8 Å². The average molecular weight is 271 g/mol. The predicted octanol–water partition coefficient (Wildman–Crippen LogP) is 1.61. The summed E-state index contributed by atoms with van der Waals surface area (Å²) in [6.45, 7) is 7.19. The zero-order valence-corrected chi connectivity index (χ0v) is 11.3. The fraction of sp³-hybridized carbons (Fsp3) is 0.583. The maximum atomic E-state index is 13.0. The van der Waals surface area contributed by atoms with E-state index >= 15 is 0 Å². The van der Waals surface area contributed by atoms with Crippen molar-refractivity contribution in [2.45, 2.75) is 45.3 Å².